The van der Waals surface area contributed by atoms with Crippen molar-refractivity contribution in [2.24, 2.45) is 0 Å². The molecule has 8 heteroatoms. The number of nitrogens with zero attached hydrogens (tertiary/aromatic N) is 2. The van der Waals surface area contributed by atoms with Crippen LogP contribution in [-0.2, 0) is 4.79 Å². The van der Waals surface area contributed by atoms with Crippen molar-refractivity contribution in [3.63, 3.8) is 0 Å². The summed E-state index contributed by atoms with van der Waals surface area (Å²) in [6.45, 7) is 2.46. The predicted octanol–water partition coefficient (Wildman–Crippen LogP) is 2.48. The van der Waals surface area contributed by atoms with E-state index >= 15 is 0 Å². The van der Waals surface area contributed by atoms with Crippen LogP contribution in [0.1, 0.15) is 6.92 Å². The van der Waals surface area contributed by atoms with Gasteiger partial charge in [0.05, 0.1) is 25.9 Å². The van der Waals surface area contributed by atoms with Crippen LogP contribution in [0.3, 0.4) is 0 Å². The molecule has 6 nitrogen and oxygen atoms in total. The molecule has 2 amide bonds. The van der Waals surface area contributed by atoms with E-state index in [-0.39, 0.29) is 24.3 Å². The van der Waals surface area contributed by atoms with Gasteiger partial charge in [-0.15, -0.1) is 0 Å². The van der Waals surface area contributed by atoms with Crippen LogP contribution in [0, 0.1) is 0 Å². The van der Waals surface area contributed by atoms with E-state index in [0.29, 0.717) is 11.4 Å². The molecule has 0 atom stereocenters. The van der Waals surface area contributed by atoms with E-state index < -0.39 is 0 Å². The molecular weight excluding hydrogens is 336 g/mol. The number of ether oxygens (including phenoxy) is 1. The van der Waals surface area contributed by atoms with Gasteiger partial charge in [-0.3, -0.25) is 14.5 Å². The molecule has 0 bridgehead atoms. The van der Waals surface area contributed by atoms with Gasteiger partial charge in [-0.2, -0.15) is 0 Å². The number of carbonyl (C=O) groups is 2. The third-order valence-electron chi connectivity index (χ3n) is 3.59. The van der Waals surface area contributed by atoms with E-state index in [2.05, 4.69) is 0 Å². The molecule has 0 aromatic heterocycles. The first-order valence-corrected chi connectivity index (χ1v) is 8.76. The number of rotatable bonds is 4. The second kappa shape index (κ2) is 6.46. The van der Waals surface area contributed by atoms with Crippen molar-refractivity contribution < 1.29 is 19.4 Å². The smallest absolute Gasteiger partial charge is 0.293 e. The summed E-state index contributed by atoms with van der Waals surface area (Å²) in [4.78, 5) is 29.0. The Morgan fingerprint density at radius 2 is 2.00 bits per heavy atom. The van der Waals surface area contributed by atoms with Crippen molar-refractivity contribution in [1.82, 2.24) is 4.90 Å². The molecule has 23 heavy (non-hydrogen) atoms. The molecule has 0 spiro atoms. The van der Waals surface area contributed by atoms with Gasteiger partial charge in [-0.05, 0) is 30.8 Å². The third-order valence-corrected chi connectivity index (χ3v) is 5.87. The lowest BCUT2D eigenvalue weighted by Crippen LogP contribution is -2.31. The van der Waals surface area contributed by atoms with Crippen molar-refractivity contribution >= 4 is 40.4 Å². The fourth-order valence-corrected chi connectivity index (χ4v) is 4.73. The zero-order valence-corrected chi connectivity index (χ0v) is 14.4. The van der Waals surface area contributed by atoms with Crippen molar-refractivity contribution in [1.29, 1.82) is 0 Å². The van der Waals surface area contributed by atoms with Crippen molar-refractivity contribution in [2.75, 3.05) is 31.7 Å². The zero-order valence-electron chi connectivity index (χ0n) is 12.7. The SMILES string of the molecule is CCN1C(=C2SC(=O)N(CCO)C2=O)Sc2ccc(OC)cc21. The molecule has 2 aliphatic rings. The number of hydrogen-bond acceptors (Lipinski definition) is 7. The van der Waals surface area contributed by atoms with Crippen molar-refractivity contribution in [2.45, 2.75) is 11.8 Å². The summed E-state index contributed by atoms with van der Waals surface area (Å²) >= 11 is 2.41. The van der Waals surface area contributed by atoms with E-state index in [1.54, 1.807) is 7.11 Å². The molecule has 1 aromatic carbocycles. The van der Waals surface area contributed by atoms with Crippen LogP contribution >= 0.6 is 23.5 Å². The van der Waals surface area contributed by atoms with Gasteiger partial charge >= 0.3 is 0 Å². The highest BCUT2D eigenvalue weighted by atomic mass is 32.2. The Morgan fingerprint density at radius 3 is 2.65 bits per heavy atom. The number of anilines is 1. The predicted molar refractivity (Wildman–Crippen MR) is 90.7 cm³/mol. The van der Waals surface area contributed by atoms with Gasteiger partial charge in [-0.25, -0.2) is 0 Å². The van der Waals surface area contributed by atoms with Gasteiger partial charge in [-0.1, -0.05) is 11.8 Å². The molecule has 2 heterocycles. The van der Waals surface area contributed by atoms with Crippen LogP contribution in [0.25, 0.3) is 0 Å². The Balaban J connectivity index is 2.01. The number of fused-ring (bicyclic) bond motifs is 1. The number of imide groups is 1. The number of aliphatic hydroxyl groups is 1. The molecule has 122 valence electrons. The van der Waals surface area contributed by atoms with E-state index in [1.165, 1.54) is 11.8 Å². The first-order valence-electron chi connectivity index (χ1n) is 7.13. The van der Waals surface area contributed by atoms with Crippen LogP contribution in [0.4, 0.5) is 10.5 Å². The van der Waals surface area contributed by atoms with Gasteiger partial charge in [0.25, 0.3) is 11.1 Å². The maximum absolute atomic E-state index is 12.5. The van der Waals surface area contributed by atoms with Gasteiger partial charge in [0.1, 0.15) is 15.7 Å². The summed E-state index contributed by atoms with van der Waals surface area (Å²) in [5, 5.41) is 9.44. The maximum Gasteiger partial charge on any atom is 0.293 e. The second-order valence-corrected chi connectivity index (χ2v) is 6.85. The topological polar surface area (TPSA) is 70.1 Å². The van der Waals surface area contributed by atoms with Gasteiger partial charge in [0, 0.05) is 17.5 Å². The van der Waals surface area contributed by atoms with Crippen molar-refractivity contribution in [3.05, 3.63) is 28.1 Å². The summed E-state index contributed by atoms with van der Waals surface area (Å²) in [6.07, 6.45) is 0. The molecule has 2 aliphatic heterocycles. The Bertz CT molecular complexity index is 705. The molecule has 1 N–H and O–H groups in total. The minimum Gasteiger partial charge on any atom is -0.497 e. The van der Waals surface area contributed by atoms with Gasteiger partial charge < -0.3 is 14.7 Å². The Morgan fingerprint density at radius 1 is 1.22 bits per heavy atom. The maximum atomic E-state index is 12.5. The minimum atomic E-state index is -0.338. The second-order valence-electron chi connectivity index (χ2n) is 4.86. The minimum absolute atomic E-state index is 0.0268. The fraction of sp³-hybridized carbons (Fsp3) is 0.333. The fourth-order valence-electron chi connectivity index (χ4n) is 2.49. The number of amides is 2. The van der Waals surface area contributed by atoms with Gasteiger partial charge in [0.2, 0.25) is 0 Å². The number of carbonyl (C=O) groups excluding carboxylic acids is 2. The highest BCUT2D eigenvalue weighted by Gasteiger charge is 2.40. The standard InChI is InChI=1S/C15H16N2O4S2/c1-3-16-10-8-9(21-2)4-5-11(10)22-14(16)12-13(19)17(6-7-18)15(20)23-12/h4-5,8,18H,3,6-7H2,1-2H3. The van der Waals surface area contributed by atoms with Crippen LogP contribution in [0.5, 0.6) is 5.75 Å². The number of β-amino-alcohol motifs (C(OH)–C–C–N with tert-alkyl or cyclic N) is 1. The van der Waals surface area contributed by atoms with Crippen LogP contribution in [-0.4, -0.2) is 48.0 Å². The molecule has 0 unspecified atom stereocenters. The van der Waals surface area contributed by atoms with Crippen LogP contribution in [0.15, 0.2) is 33.0 Å². The summed E-state index contributed by atoms with van der Waals surface area (Å²) in [7, 11) is 1.61. The van der Waals surface area contributed by atoms with Crippen molar-refractivity contribution in [3.8, 4) is 5.75 Å². The van der Waals surface area contributed by atoms with E-state index in [1.807, 2.05) is 30.0 Å². The molecular formula is C15H16N2O4S2. The molecule has 0 aliphatic carbocycles. The summed E-state index contributed by atoms with van der Waals surface area (Å²) in [5.74, 6) is 0.409. The lowest BCUT2D eigenvalue weighted by atomic mass is 10.2. The molecule has 3 rings (SSSR count). The molecule has 1 saturated heterocycles. The first kappa shape index (κ1) is 16.2. The Kier molecular flexibility index (Phi) is 4.56. The zero-order chi connectivity index (χ0) is 16.6. The Labute approximate surface area is 142 Å². The normalized spacial score (nSPS) is 20.5. The number of benzene rings is 1. The highest BCUT2D eigenvalue weighted by Crippen LogP contribution is 2.51. The lowest BCUT2D eigenvalue weighted by Gasteiger charge is -2.19. The largest absolute Gasteiger partial charge is 0.497 e. The molecule has 1 fully saturated rings. The quantitative estimate of drug-likeness (QED) is 0.835. The van der Waals surface area contributed by atoms with E-state index in [4.69, 9.17) is 9.84 Å². The summed E-state index contributed by atoms with van der Waals surface area (Å²) in [6, 6.07) is 5.75. The number of methoxy groups -OCH3 is 1. The van der Waals surface area contributed by atoms with Crippen LogP contribution < -0.4 is 9.64 Å². The number of hydrogen-bond donors (Lipinski definition) is 1. The average Bonchev–Trinajstić information content (AvgIpc) is 3.06. The van der Waals surface area contributed by atoms with E-state index in [9.17, 15) is 9.59 Å². The van der Waals surface area contributed by atoms with E-state index in [0.717, 1.165) is 38.0 Å². The number of aliphatic hydroxyl groups excluding tert-OH is 1. The molecule has 1 aromatic rings. The molecule has 0 radical (unpaired) electrons. The van der Waals surface area contributed by atoms with Gasteiger partial charge in [0.15, 0.2) is 0 Å². The first-order chi connectivity index (χ1) is 11.1. The van der Waals surface area contributed by atoms with Crippen LogP contribution in [0.2, 0.25) is 0 Å². The average molecular weight is 352 g/mol. The molecule has 0 saturated carbocycles. The Hall–Kier alpha value is -1.64. The summed E-state index contributed by atoms with van der Waals surface area (Å²) < 4.78 is 5.27. The summed E-state index contributed by atoms with van der Waals surface area (Å²) in [5.41, 5.74) is 0.973. The highest BCUT2D eigenvalue weighted by molar-refractivity contribution is 8.19. The monoisotopic (exact) mass is 352 g/mol. The third kappa shape index (κ3) is 2.71. The number of thioether (sulfide) groups is 2. The lowest BCUT2D eigenvalue weighted by molar-refractivity contribution is -0.123.